The highest BCUT2D eigenvalue weighted by Gasteiger charge is 2.65. The van der Waals surface area contributed by atoms with Gasteiger partial charge in [0, 0.05) is 11.1 Å². The van der Waals surface area contributed by atoms with E-state index < -0.39 is 17.7 Å². The van der Waals surface area contributed by atoms with Crippen LogP contribution >= 0.6 is 0 Å². The van der Waals surface area contributed by atoms with Crippen molar-refractivity contribution < 1.29 is 27.4 Å². The quantitative estimate of drug-likeness (QED) is 0.794. The number of carbonyl (C=O) groups excluding carboxylic acids is 1. The van der Waals surface area contributed by atoms with Gasteiger partial charge in [-0.05, 0) is 18.2 Å². The van der Waals surface area contributed by atoms with E-state index in [1.807, 2.05) is 0 Å². The summed E-state index contributed by atoms with van der Waals surface area (Å²) in [7, 11) is 1.37. The van der Waals surface area contributed by atoms with E-state index in [0.29, 0.717) is 5.75 Å². The monoisotopic (exact) mass is 308 g/mol. The van der Waals surface area contributed by atoms with E-state index in [4.69, 9.17) is 9.47 Å². The second-order valence-electron chi connectivity index (χ2n) is 4.85. The third kappa shape index (κ3) is 1.87. The summed E-state index contributed by atoms with van der Waals surface area (Å²) in [6.07, 6.45) is -4.79. The molecule has 0 saturated heterocycles. The minimum absolute atomic E-state index is 0.138. The SMILES string of the molecule is COc1ccc2c(c1)C(=O)OC2(c1ccccc1)C(F)(F)F. The van der Waals surface area contributed by atoms with Crippen molar-refractivity contribution in [1.82, 2.24) is 0 Å². The maximum absolute atomic E-state index is 13.8. The Morgan fingerprint density at radius 3 is 2.36 bits per heavy atom. The number of hydrogen-bond donors (Lipinski definition) is 0. The normalized spacial score (nSPS) is 20.5. The van der Waals surface area contributed by atoms with Crippen LogP contribution in [0.4, 0.5) is 13.2 Å². The second kappa shape index (κ2) is 4.76. The molecule has 1 aliphatic heterocycles. The maximum Gasteiger partial charge on any atom is 0.437 e. The van der Waals surface area contributed by atoms with E-state index in [2.05, 4.69) is 0 Å². The molecule has 0 aromatic heterocycles. The number of carbonyl (C=O) groups is 1. The van der Waals surface area contributed by atoms with Crippen molar-refractivity contribution in [3.8, 4) is 5.75 Å². The van der Waals surface area contributed by atoms with E-state index in [9.17, 15) is 18.0 Å². The van der Waals surface area contributed by atoms with Gasteiger partial charge in [-0.1, -0.05) is 30.3 Å². The summed E-state index contributed by atoms with van der Waals surface area (Å²) in [5, 5.41) is 0. The lowest BCUT2D eigenvalue weighted by Crippen LogP contribution is -2.43. The molecule has 0 amide bonds. The number of esters is 1. The van der Waals surface area contributed by atoms with Crippen molar-refractivity contribution in [1.29, 1.82) is 0 Å². The summed E-state index contributed by atoms with van der Waals surface area (Å²) in [6.45, 7) is 0. The molecule has 22 heavy (non-hydrogen) atoms. The molecule has 0 aliphatic carbocycles. The molecule has 0 spiro atoms. The minimum Gasteiger partial charge on any atom is -0.497 e. The van der Waals surface area contributed by atoms with Crippen molar-refractivity contribution in [3.05, 3.63) is 65.2 Å². The van der Waals surface area contributed by atoms with Crippen LogP contribution in [-0.4, -0.2) is 19.3 Å². The Morgan fingerprint density at radius 2 is 1.77 bits per heavy atom. The summed E-state index contributed by atoms with van der Waals surface area (Å²) in [6, 6.07) is 11.0. The number of benzene rings is 2. The molecule has 0 N–H and O–H groups in total. The second-order valence-corrected chi connectivity index (χ2v) is 4.85. The van der Waals surface area contributed by atoms with Crippen molar-refractivity contribution in [2.24, 2.45) is 0 Å². The van der Waals surface area contributed by atoms with Crippen LogP contribution < -0.4 is 4.74 Å². The van der Waals surface area contributed by atoms with E-state index in [1.165, 1.54) is 49.6 Å². The highest BCUT2D eigenvalue weighted by Crippen LogP contribution is 2.52. The van der Waals surface area contributed by atoms with Crippen LogP contribution in [0.25, 0.3) is 0 Å². The van der Waals surface area contributed by atoms with E-state index >= 15 is 0 Å². The number of halogens is 3. The summed E-state index contributed by atoms with van der Waals surface area (Å²) in [4.78, 5) is 12.0. The van der Waals surface area contributed by atoms with Crippen LogP contribution in [0.5, 0.6) is 5.75 Å². The molecule has 2 aromatic rings. The van der Waals surface area contributed by atoms with Crippen molar-refractivity contribution >= 4 is 5.97 Å². The third-order valence-electron chi connectivity index (χ3n) is 3.65. The molecule has 114 valence electrons. The molecule has 0 bridgehead atoms. The van der Waals surface area contributed by atoms with Gasteiger partial charge >= 0.3 is 12.1 Å². The Hall–Kier alpha value is -2.50. The van der Waals surface area contributed by atoms with Gasteiger partial charge in [-0.2, -0.15) is 13.2 Å². The number of methoxy groups -OCH3 is 1. The molecule has 0 fully saturated rings. The van der Waals surface area contributed by atoms with Crippen LogP contribution in [0, 0.1) is 0 Å². The number of ether oxygens (including phenoxy) is 2. The standard InChI is InChI=1S/C16H11F3O3/c1-21-11-7-8-13-12(9-11)14(20)22-15(13,16(17,18)19)10-5-3-2-4-6-10/h2-9H,1H3. The van der Waals surface area contributed by atoms with Gasteiger partial charge < -0.3 is 9.47 Å². The van der Waals surface area contributed by atoms with Gasteiger partial charge in [0.05, 0.1) is 12.7 Å². The first kappa shape index (κ1) is 14.4. The molecular weight excluding hydrogens is 297 g/mol. The fraction of sp³-hybridized carbons (Fsp3) is 0.188. The largest absolute Gasteiger partial charge is 0.497 e. The zero-order valence-electron chi connectivity index (χ0n) is 11.5. The average molecular weight is 308 g/mol. The number of cyclic esters (lactones) is 1. The summed E-state index contributed by atoms with van der Waals surface area (Å²) in [5.41, 5.74) is -3.29. The number of hydrogen-bond acceptors (Lipinski definition) is 3. The van der Waals surface area contributed by atoms with E-state index in [1.54, 1.807) is 6.07 Å². The van der Waals surface area contributed by atoms with E-state index in [0.717, 1.165) is 0 Å². The van der Waals surface area contributed by atoms with Gasteiger partial charge in [-0.25, -0.2) is 4.79 Å². The predicted octanol–water partition coefficient (Wildman–Crippen LogP) is 3.67. The van der Waals surface area contributed by atoms with Gasteiger partial charge in [0.25, 0.3) is 5.60 Å². The average Bonchev–Trinajstić information content (AvgIpc) is 2.81. The lowest BCUT2D eigenvalue weighted by molar-refractivity contribution is -0.243. The number of rotatable bonds is 2. The maximum atomic E-state index is 13.8. The van der Waals surface area contributed by atoms with Crippen molar-refractivity contribution in [3.63, 3.8) is 0 Å². The van der Waals surface area contributed by atoms with Gasteiger partial charge in [0.2, 0.25) is 0 Å². The number of fused-ring (bicyclic) bond motifs is 1. The molecule has 1 unspecified atom stereocenters. The number of alkyl halides is 3. The lowest BCUT2D eigenvalue weighted by atomic mass is 9.85. The molecule has 1 aliphatic rings. The Bertz CT molecular complexity index is 725. The Labute approximate surface area is 124 Å². The van der Waals surface area contributed by atoms with Gasteiger partial charge in [0.1, 0.15) is 5.75 Å². The van der Waals surface area contributed by atoms with Crippen LogP contribution in [0.15, 0.2) is 48.5 Å². The molecule has 6 heteroatoms. The molecule has 3 rings (SSSR count). The Kier molecular flexibility index (Phi) is 3.12. The first-order valence-electron chi connectivity index (χ1n) is 6.44. The molecule has 2 aromatic carbocycles. The molecule has 3 nitrogen and oxygen atoms in total. The molecular formula is C16H11F3O3. The van der Waals surface area contributed by atoms with Crippen LogP contribution in [0.3, 0.4) is 0 Å². The highest BCUT2D eigenvalue weighted by molar-refractivity contribution is 5.96. The Balaban J connectivity index is 2.30. The van der Waals surface area contributed by atoms with Crippen LogP contribution in [0.2, 0.25) is 0 Å². The predicted molar refractivity (Wildman–Crippen MR) is 71.7 cm³/mol. The first-order valence-corrected chi connectivity index (χ1v) is 6.44. The third-order valence-corrected chi connectivity index (χ3v) is 3.65. The molecule has 0 radical (unpaired) electrons. The van der Waals surface area contributed by atoms with Gasteiger partial charge in [-0.3, -0.25) is 0 Å². The summed E-state index contributed by atoms with van der Waals surface area (Å²) in [5.74, 6) is -0.725. The lowest BCUT2D eigenvalue weighted by Gasteiger charge is -2.31. The van der Waals surface area contributed by atoms with Crippen molar-refractivity contribution in [2.45, 2.75) is 11.8 Å². The fourth-order valence-corrected chi connectivity index (χ4v) is 2.64. The van der Waals surface area contributed by atoms with Crippen LogP contribution in [0.1, 0.15) is 21.5 Å². The topological polar surface area (TPSA) is 35.5 Å². The highest BCUT2D eigenvalue weighted by atomic mass is 19.4. The smallest absolute Gasteiger partial charge is 0.437 e. The van der Waals surface area contributed by atoms with E-state index in [-0.39, 0.29) is 16.7 Å². The van der Waals surface area contributed by atoms with Gasteiger partial charge in [-0.15, -0.1) is 0 Å². The molecule has 1 atom stereocenters. The first-order chi connectivity index (χ1) is 10.4. The fourth-order valence-electron chi connectivity index (χ4n) is 2.64. The van der Waals surface area contributed by atoms with Gasteiger partial charge in [0.15, 0.2) is 0 Å². The molecule has 0 saturated carbocycles. The van der Waals surface area contributed by atoms with Crippen LogP contribution in [-0.2, 0) is 10.3 Å². The van der Waals surface area contributed by atoms with Crippen molar-refractivity contribution in [2.75, 3.05) is 7.11 Å². The Morgan fingerprint density at radius 1 is 1.09 bits per heavy atom. The zero-order valence-corrected chi connectivity index (χ0v) is 11.5. The summed E-state index contributed by atoms with van der Waals surface area (Å²) >= 11 is 0. The summed E-state index contributed by atoms with van der Waals surface area (Å²) < 4.78 is 51.3. The zero-order chi connectivity index (χ0) is 16.0. The molecule has 1 heterocycles. The minimum atomic E-state index is -4.79.